The molecule has 0 aliphatic heterocycles. The molecule has 0 aromatic rings. The van der Waals surface area contributed by atoms with E-state index in [9.17, 15) is 0 Å². The molecule has 0 bridgehead atoms. The molecule has 0 aliphatic rings. The summed E-state index contributed by atoms with van der Waals surface area (Å²) in [6, 6.07) is 0.702. The van der Waals surface area contributed by atoms with Crippen molar-refractivity contribution in [3.63, 3.8) is 0 Å². The molecule has 2 N–H and O–H groups in total. The molecule has 0 radical (unpaired) electrons. The van der Waals surface area contributed by atoms with Crippen molar-refractivity contribution in [2.45, 2.75) is 39.7 Å². The summed E-state index contributed by atoms with van der Waals surface area (Å²) >= 11 is 0. The lowest BCUT2D eigenvalue weighted by Gasteiger charge is -2.25. The summed E-state index contributed by atoms with van der Waals surface area (Å²) in [7, 11) is 0. The van der Waals surface area contributed by atoms with E-state index in [1.165, 1.54) is 6.42 Å². The van der Waals surface area contributed by atoms with E-state index in [1.54, 1.807) is 0 Å². The Labute approximate surface area is 70.8 Å². The van der Waals surface area contributed by atoms with Crippen LogP contribution in [0.1, 0.15) is 33.6 Å². The Morgan fingerprint density at radius 1 is 1.27 bits per heavy atom. The summed E-state index contributed by atoms with van der Waals surface area (Å²) in [4.78, 5) is 2.47. The highest BCUT2D eigenvalue weighted by Gasteiger charge is 2.07. The van der Waals surface area contributed by atoms with Gasteiger partial charge in [-0.25, -0.2) is 0 Å². The molecule has 0 fully saturated rings. The van der Waals surface area contributed by atoms with Crippen LogP contribution in [-0.4, -0.2) is 30.6 Å². The summed E-state index contributed by atoms with van der Waals surface area (Å²) in [6.45, 7) is 9.84. The third kappa shape index (κ3) is 4.38. The van der Waals surface area contributed by atoms with Gasteiger partial charge in [-0.05, 0) is 39.4 Å². The third-order valence-electron chi connectivity index (χ3n) is 2.26. The molecule has 0 heterocycles. The normalized spacial score (nSPS) is 13.9. The van der Waals surface area contributed by atoms with Crippen molar-refractivity contribution in [1.29, 1.82) is 0 Å². The van der Waals surface area contributed by atoms with E-state index < -0.39 is 0 Å². The quantitative estimate of drug-likeness (QED) is 0.634. The van der Waals surface area contributed by atoms with E-state index in [4.69, 9.17) is 5.73 Å². The first-order valence-corrected chi connectivity index (χ1v) is 4.70. The third-order valence-corrected chi connectivity index (χ3v) is 2.26. The van der Waals surface area contributed by atoms with Crippen molar-refractivity contribution in [3.8, 4) is 0 Å². The van der Waals surface area contributed by atoms with Crippen LogP contribution < -0.4 is 5.73 Å². The molecule has 1 unspecified atom stereocenters. The molecule has 2 heteroatoms. The number of nitrogens with zero attached hydrogens (tertiary/aromatic N) is 1. The second-order valence-electron chi connectivity index (χ2n) is 3.00. The molecule has 0 amide bonds. The molecule has 68 valence electrons. The van der Waals surface area contributed by atoms with Crippen LogP contribution in [-0.2, 0) is 0 Å². The fourth-order valence-corrected chi connectivity index (χ4v) is 1.44. The smallest absolute Gasteiger partial charge is 0.00671 e. The minimum Gasteiger partial charge on any atom is -0.330 e. The van der Waals surface area contributed by atoms with E-state index in [0.29, 0.717) is 6.04 Å². The van der Waals surface area contributed by atoms with Crippen LogP contribution in [0.2, 0.25) is 0 Å². The zero-order chi connectivity index (χ0) is 8.69. The molecule has 0 spiro atoms. The van der Waals surface area contributed by atoms with Crippen molar-refractivity contribution >= 4 is 0 Å². The van der Waals surface area contributed by atoms with Crippen LogP contribution in [0, 0.1) is 0 Å². The van der Waals surface area contributed by atoms with Crippen LogP contribution in [0.15, 0.2) is 0 Å². The maximum atomic E-state index is 5.44. The van der Waals surface area contributed by atoms with Crippen molar-refractivity contribution in [1.82, 2.24) is 4.90 Å². The lowest BCUT2D eigenvalue weighted by Crippen LogP contribution is -2.32. The van der Waals surface area contributed by atoms with Crippen LogP contribution in [0.4, 0.5) is 0 Å². The molecule has 0 rings (SSSR count). The van der Waals surface area contributed by atoms with Crippen molar-refractivity contribution < 1.29 is 0 Å². The van der Waals surface area contributed by atoms with Gasteiger partial charge in [-0.15, -0.1) is 0 Å². The lowest BCUT2D eigenvalue weighted by atomic mass is 10.1. The molecule has 1 atom stereocenters. The number of nitrogens with two attached hydrogens (primary N) is 1. The molecule has 0 saturated carbocycles. The number of hydrogen-bond acceptors (Lipinski definition) is 2. The average Bonchev–Trinajstić information content (AvgIpc) is 2.03. The minimum atomic E-state index is 0.702. The Morgan fingerprint density at radius 2 is 1.82 bits per heavy atom. The van der Waals surface area contributed by atoms with Gasteiger partial charge in [0.25, 0.3) is 0 Å². The molecular weight excluding hydrogens is 136 g/mol. The van der Waals surface area contributed by atoms with E-state index in [-0.39, 0.29) is 0 Å². The predicted octanol–water partition coefficient (Wildman–Crippen LogP) is 1.46. The summed E-state index contributed by atoms with van der Waals surface area (Å²) in [5, 5.41) is 0. The van der Waals surface area contributed by atoms with Gasteiger partial charge in [0.2, 0.25) is 0 Å². The average molecular weight is 158 g/mol. The molecule has 0 saturated heterocycles. The lowest BCUT2D eigenvalue weighted by molar-refractivity contribution is 0.219. The Balaban J connectivity index is 3.51. The first-order valence-electron chi connectivity index (χ1n) is 4.70. The van der Waals surface area contributed by atoms with Crippen LogP contribution in [0.5, 0.6) is 0 Å². The Kier molecular flexibility index (Phi) is 6.57. The van der Waals surface area contributed by atoms with Gasteiger partial charge in [0, 0.05) is 6.04 Å². The first-order chi connectivity index (χ1) is 5.26. The Bertz CT molecular complexity index is 79.6. The monoisotopic (exact) mass is 158 g/mol. The van der Waals surface area contributed by atoms with Crippen molar-refractivity contribution in [3.05, 3.63) is 0 Å². The van der Waals surface area contributed by atoms with Crippen LogP contribution >= 0.6 is 0 Å². The van der Waals surface area contributed by atoms with Gasteiger partial charge in [-0.1, -0.05) is 13.8 Å². The highest BCUT2D eigenvalue weighted by atomic mass is 15.1. The Hall–Kier alpha value is -0.0800. The summed E-state index contributed by atoms with van der Waals surface area (Å²) in [6.07, 6.45) is 2.38. The largest absolute Gasteiger partial charge is 0.330 e. The highest BCUT2D eigenvalue weighted by molar-refractivity contribution is 4.64. The maximum Gasteiger partial charge on any atom is 0.00671 e. The molecule has 0 aromatic heterocycles. The number of rotatable bonds is 6. The van der Waals surface area contributed by atoms with Gasteiger partial charge in [-0.3, -0.25) is 0 Å². The minimum absolute atomic E-state index is 0.702. The van der Waals surface area contributed by atoms with Crippen LogP contribution in [0.25, 0.3) is 0 Å². The number of hydrogen-bond donors (Lipinski definition) is 1. The fourth-order valence-electron chi connectivity index (χ4n) is 1.44. The van der Waals surface area contributed by atoms with Crippen molar-refractivity contribution in [2.24, 2.45) is 5.73 Å². The van der Waals surface area contributed by atoms with Gasteiger partial charge in [0.1, 0.15) is 0 Å². The second-order valence-corrected chi connectivity index (χ2v) is 3.00. The summed E-state index contributed by atoms with van der Waals surface area (Å²) in [5.41, 5.74) is 5.44. The second kappa shape index (κ2) is 6.62. The highest BCUT2D eigenvalue weighted by Crippen LogP contribution is 2.04. The zero-order valence-electron chi connectivity index (χ0n) is 8.14. The topological polar surface area (TPSA) is 29.3 Å². The van der Waals surface area contributed by atoms with Crippen molar-refractivity contribution in [2.75, 3.05) is 19.6 Å². The van der Waals surface area contributed by atoms with Crippen LogP contribution in [0.3, 0.4) is 0 Å². The summed E-state index contributed by atoms with van der Waals surface area (Å²) in [5.74, 6) is 0. The molecule has 0 aliphatic carbocycles. The maximum absolute atomic E-state index is 5.44. The van der Waals surface area contributed by atoms with Gasteiger partial charge in [-0.2, -0.15) is 0 Å². The fraction of sp³-hybridized carbons (Fsp3) is 1.00. The molecule has 0 aromatic carbocycles. The predicted molar refractivity (Wildman–Crippen MR) is 50.7 cm³/mol. The zero-order valence-corrected chi connectivity index (χ0v) is 8.14. The van der Waals surface area contributed by atoms with Gasteiger partial charge in [0.05, 0.1) is 0 Å². The van der Waals surface area contributed by atoms with Gasteiger partial charge < -0.3 is 10.6 Å². The van der Waals surface area contributed by atoms with E-state index >= 15 is 0 Å². The van der Waals surface area contributed by atoms with E-state index in [0.717, 1.165) is 26.1 Å². The standard InChI is InChI=1S/C9H22N2/c1-4-11(5-2)9(3)7-6-8-10/h9H,4-8,10H2,1-3H3. The van der Waals surface area contributed by atoms with Gasteiger partial charge >= 0.3 is 0 Å². The SMILES string of the molecule is CCN(CC)C(C)CCCN. The van der Waals surface area contributed by atoms with E-state index in [2.05, 4.69) is 25.7 Å². The van der Waals surface area contributed by atoms with Gasteiger partial charge in [0.15, 0.2) is 0 Å². The van der Waals surface area contributed by atoms with E-state index in [1.807, 2.05) is 0 Å². The molecule has 11 heavy (non-hydrogen) atoms. The first kappa shape index (κ1) is 10.9. The molecule has 2 nitrogen and oxygen atoms in total. The summed E-state index contributed by atoms with van der Waals surface area (Å²) < 4.78 is 0. The Morgan fingerprint density at radius 3 is 2.18 bits per heavy atom. The molecular formula is C9H22N2.